The smallest absolute Gasteiger partial charge is 0.251 e. The van der Waals surface area contributed by atoms with Gasteiger partial charge in [0.05, 0.1) is 12.1 Å². The predicted molar refractivity (Wildman–Crippen MR) is 72.0 cm³/mol. The van der Waals surface area contributed by atoms with Gasteiger partial charge in [0.15, 0.2) is 0 Å². The van der Waals surface area contributed by atoms with Crippen LogP contribution in [0.15, 0.2) is 18.2 Å². The van der Waals surface area contributed by atoms with E-state index in [-0.39, 0.29) is 12.0 Å². The van der Waals surface area contributed by atoms with Gasteiger partial charge in [-0.2, -0.15) is 0 Å². The highest BCUT2D eigenvalue weighted by Gasteiger charge is 2.24. The van der Waals surface area contributed by atoms with Gasteiger partial charge in [0, 0.05) is 24.9 Å². The number of carbonyl (C=O) groups is 1. The van der Waals surface area contributed by atoms with E-state index in [2.05, 4.69) is 17.6 Å². The van der Waals surface area contributed by atoms with Crippen molar-refractivity contribution >= 4 is 11.6 Å². The van der Waals surface area contributed by atoms with E-state index in [9.17, 15) is 4.79 Å². The van der Waals surface area contributed by atoms with Crippen molar-refractivity contribution < 1.29 is 9.53 Å². The number of benzene rings is 1. The Hall–Kier alpha value is -1.55. The summed E-state index contributed by atoms with van der Waals surface area (Å²) in [4.78, 5) is 11.7. The number of hydrogen-bond acceptors (Lipinski definition) is 3. The number of amides is 1. The van der Waals surface area contributed by atoms with Gasteiger partial charge in [0.1, 0.15) is 0 Å². The Balaban J connectivity index is 2.20. The maximum atomic E-state index is 11.7. The van der Waals surface area contributed by atoms with Gasteiger partial charge in [-0.1, -0.05) is 6.07 Å². The van der Waals surface area contributed by atoms with Crippen LogP contribution in [-0.4, -0.2) is 31.7 Å². The fraction of sp³-hybridized carbons (Fsp3) is 0.500. The zero-order chi connectivity index (χ0) is 13.1. The molecule has 1 heterocycles. The van der Waals surface area contributed by atoms with E-state index in [0.29, 0.717) is 11.6 Å². The summed E-state index contributed by atoms with van der Waals surface area (Å²) in [5.74, 6) is -0.0492. The molecule has 0 bridgehead atoms. The lowest BCUT2D eigenvalue weighted by molar-refractivity contribution is 0.0962. The number of nitrogens with one attached hydrogen (secondary N) is 2. The van der Waals surface area contributed by atoms with Crippen LogP contribution in [0.4, 0.5) is 5.69 Å². The minimum atomic E-state index is -0.0492. The van der Waals surface area contributed by atoms with E-state index in [1.54, 1.807) is 7.05 Å². The monoisotopic (exact) mass is 248 g/mol. The van der Waals surface area contributed by atoms with E-state index in [1.165, 1.54) is 0 Å². The molecule has 98 valence electrons. The molecule has 4 heteroatoms. The van der Waals surface area contributed by atoms with Crippen LogP contribution in [0.1, 0.15) is 29.3 Å². The first-order chi connectivity index (χ1) is 8.63. The first kappa shape index (κ1) is 12.9. The molecular weight excluding hydrogens is 228 g/mol. The van der Waals surface area contributed by atoms with Crippen molar-refractivity contribution in [2.75, 3.05) is 19.0 Å². The summed E-state index contributed by atoms with van der Waals surface area (Å²) in [6.45, 7) is 4.84. The lowest BCUT2D eigenvalue weighted by atomic mass is 10.0. The van der Waals surface area contributed by atoms with Gasteiger partial charge in [-0.15, -0.1) is 0 Å². The third-order valence-electron chi connectivity index (χ3n) is 3.52. The molecular formula is C14H20N2O2. The maximum Gasteiger partial charge on any atom is 0.251 e. The van der Waals surface area contributed by atoms with Gasteiger partial charge in [-0.05, 0) is 38.0 Å². The molecule has 2 atom stereocenters. The van der Waals surface area contributed by atoms with E-state index in [4.69, 9.17) is 4.74 Å². The summed E-state index contributed by atoms with van der Waals surface area (Å²) in [5, 5.41) is 6.13. The van der Waals surface area contributed by atoms with Crippen molar-refractivity contribution in [3.63, 3.8) is 0 Å². The van der Waals surface area contributed by atoms with Gasteiger partial charge < -0.3 is 15.4 Å². The average Bonchev–Trinajstić information content (AvgIpc) is 2.77. The quantitative estimate of drug-likeness (QED) is 0.859. The highest BCUT2D eigenvalue weighted by molar-refractivity contribution is 5.96. The zero-order valence-electron chi connectivity index (χ0n) is 11.1. The highest BCUT2D eigenvalue weighted by atomic mass is 16.5. The molecule has 1 aromatic carbocycles. The average molecular weight is 248 g/mol. The lowest BCUT2D eigenvalue weighted by Crippen LogP contribution is -2.27. The number of carbonyl (C=O) groups excluding carboxylic acids is 1. The van der Waals surface area contributed by atoms with Gasteiger partial charge >= 0.3 is 0 Å². The molecule has 1 aliphatic heterocycles. The fourth-order valence-electron chi connectivity index (χ4n) is 2.29. The zero-order valence-corrected chi connectivity index (χ0v) is 11.1. The summed E-state index contributed by atoms with van der Waals surface area (Å²) >= 11 is 0. The molecule has 0 spiro atoms. The largest absolute Gasteiger partial charge is 0.379 e. The molecule has 0 saturated carbocycles. The second kappa shape index (κ2) is 5.40. The van der Waals surface area contributed by atoms with Gasteiger partial charge in [0.25, 0.3) is 5.91 Å². The molecule has 1 fully saturated rings. The summed E-state index contributed by atoms with van der Waals surface area (Å²) in [7, 11) is 1.65. The fourth-order valence-corrected chi connectivity index (χ4v) is 2.29. The van der Waals surface area contributed by atoms with Crippen LogP contribution in [0.2, 0.25) is 0 Å². The third-order valence-corrected chi connectivity index (χ3v) is 3.52. The second-order valence-corrected chi connectivity index (χ2v) is 4.67. The molecule has 1 saturated heterocycles. The molecule has 4 nitrogen and oxygen atoms in total. The summed E-state index contributed by atoms with van der Waals surface area (Å²) in [5.41, 5.74) is 2.71. The van der Waals surface area contributed by atoms with Crippen LogP contribution in [0.3, 0.4) is 0 Å². The van der Waals surface area contributed by atoms with E-state index >= 15 is 0 Å². The van der Waals surface area contributed by atoms with Crippen molar-refractivity contribution in [2.45, 2.75) is 32.4 Å². The van der Waals surface area contributed by atoms with E-state index in [1.807, 2.05) is 25.1 Å². The normalized spacial score (nSPS) is 22.8. The van der Waals surface area contributed by atoms with Crippen LogP contribution in [0, 0.1) is 6.92 Å². The standard InChI is InChI=1S/C14H20N2O2/c1-9-11(14(17)15-3)5-4-6-12(9)16-13-7-8-18-10(13)2/h4-6,10,13,16H,7-8H2,1-3H3,(H,15,17). The predicted octanol–water partition coefficient (Wildman–Crippen LogP) is 1.94. The minimum Gasteiger partial charge on any atom is -0.379 e. The van der Waals surface area contributed by atoms with Gasteiger partial charge in [-0.3, -0.25) is 4.79 Å². The molecule has 1 aromatic rings. The Morgan fingerprint density at radius 3 is 2.83 bits per heavy atom. The van der Waals surface area contributed by atoms with E-state index in [0.717, 1.165) is 24.3 Å². The SMILES string of the molecule is CNC(=O)c1cccc(NC2CCOC2C)c1C. The van der Waals surface area contributed by atoms with Crippen molar-refractivity contribution in [1.82, 2.24) is 5.32 Å². The first-order valence-electron chi connectivity index (χ1n) is 6.33. The molecule has 2 unspecified atom stereocenters. The summed E-state index contributed by atoms with van der Waals surface area (Å²) in [6.07, 6.45) is 1.22. The molecule has 18 heavy (non-hydrogen) atoms. The Morgan fingerprint density at radius 1 is 1.44 bits per heavy atom. The lowest BCUT2D eigenvalue weighted by Gasteiger charge is -2.20. The van der Waals surface area contributed by atoms with Crippen LogP contribution >= 0.6 is 0 Å². The van der Waals surface area contributed by atoms with Gasteiger partial charge in [-0.25, -0.2) is 0 Å². The second-order valence-electron chi connectivity index (χ2n) is 4.67. The molecule has 1 amide bonds. The molecule has 0 radical (unpaired) electrons. The third kappa shape index (κ3) is 2.48. The molecule has 1 aliphatic rings. The maximum absolute atomic E-state index is 11.7. The minimum absolute atomic E-state index is 0.0492. The Labute approximate surface area is 108 Å². The van der Waals surface area contributed by atoms with Crippen LogP contribution in [-0.2, 0) is 4.74 Å². The molecule has 0 aromatic heterocycles. The van der Waals surface area contributed by atoms with Gasteiger partial charge in [0.2, 0.25) is 0 Å². The topological polar surface area (TPSA) is 50.4 Å². The van der Waals surface area contributed by atoms with Crippen LogP contribution in [0.5, 0.6) is 0 Å². The van der Waals surface area contributed by atoms with Crippen molar-refractivity contribution in [3.8, 4) is 0 Å². The van der Waals surface area contributed by atoms with Crippen LogP contribution in [0.25, 0.3) is 0 Å². The van der Waals surface area contributed by atoms with Crippen molar-refractivity contribution in [3.05, 3.63) is 29.3 Å². The Kier molecular flexibility index (Phi) is 3.87. The van der Waals surface area contributed by atoms with Crippen molar-refractivity contribution in [1.29, 1.82) is 0 Å². The summed E-state index contributed by atoms with van der Waals surface area (Å²) in [6, 6.07) is 6.07. The summed E-state index contributed by atoms with van der Waals surface area (Å²) < 4.78 is 5.53. The number of rotatable bonds is 3. The molecule has 2 rings (SSSR count). The Bertz CT molecular complexity index is 445. The number of hydrogen-bond donors (Lipinski definition) is 2. The highest BCUT2D eigenvalue weighted by Crippen LogP contribution is 2.23. The van der Waals surface area contributed by atoms with Crippen LogP contribution < -0.4 is 10.6 Å². The molecule has 0 aliphatic carbocycles. The van der Waals surface area contributed by atoms with E-state index < -0.39 is 0 Å². The first-order valence-corrected chi connectivity index (χ1v) is 6.33. The number of ether oxygens (including phenoxy) is 1. The number of anilines is 1. The molecule has 2 N–H and O–H groups in total. The van der Waals surface area contributed by atoms with Crippen molar-refractivity contribution in [2.24, 2.45) is 0 Å². The Morgan fingerprint density at radius 2 is 2.22 bits per heavy atom.